The topological polar surface area (TPSA) is 70.7 Å². The Hall–Kier alpha value is -1.84. The van der Waals surface area contributed by atoms with Crippen molar-refractivity contribution in [3.05, 3.63) is 32.9 Å². The zero-order chi connectivity index (χ0) is 15.0. The summed E-state index contributed by atoms with van der Waals surface area (Å²) >= 11 is 7.47. The van der Waals surface area contributed by atoms with Gasteiger partial charge in [-0.15, -0.1) is 11.3 Å². The third-order valence-electron chi connectivity index (χ3n) is 3.51. The Balaban J connectivity index is 1.92. The van der Waals surface area contributed by atoms with E-state index in [0.29, 0.717) is 15.6 Å². The molecule has 21 heavy (non-hydrogen) atoms. The van der Waals surface area contributed by atoms with Crippen molar-refractivity contribution in [1.29, 1.82) is 5.26 Å². The number of nitriles is 1. The van der Waals surface area contributed by atoms with Crippen LogP contribution in [0, 0.1) is 11.3 Å². The van der Waals surface area contributed by atoms with Crippen molar-refractivity contribution in [3.8, 4) is 6.07 Å². The molecule has 108 valence electrons. The van der Waals surface area contributed by atoms with Gasteiger partial charge in [-0.2, -0.15) is 10.4 Å². The lowest BCUT2D eigenvalue weighted by atomic mass is 9.96. The molecule has 0 saturated carbocycles. The van der Waals surface area contributed by atoms with E-state index in [9.17, 15) is 10.1 Å². The Bertz CT molecular complexity index is 756. The predicted molar refractivity (Wildman–Crippen MR) is 81.8 cm³/mol. The van der Waals surface area contributed by atoms with Gasteiger partial charge in [0.05, 0.1) is 10.6 Å². The second kappa shape index (κ2) is 5.51. The largest absolute Gasteiger partial charge is 0.311 e. The van der Waals surface area contributed by atoms with Gasteiger partial charge in [-0.1, -0.05) is 11.6 Å². The summed E-state index contributed by atoms with van der Waals surface area (Å²) in [5.41, 5.74) is 1.86. The first-order valence-corrected chi connectivity index (χ1v) is 7.84. The molecule has 2 heterocycles. The summed E-state index contributed by atoms with van der Waals surface area (Å²) in [4.78, 5) is 13.5. The van der Waals surface area contributed by atoms with Crippen LogP contribution in [0.2, 0.25) is 5.02 Å². The summed E-state index contributed by atoms with van der Waals surface area (Å²) in [6, 6.07) is 2.22. The minimum absolute atomic E-state index is 0.175. The van der Waals surface area contributed by atoms with Crippen molar-refractivity contribution in [2.75, 3.05) is 5.32 Å². The molecule has 1 N–H and O–H groups in total. The summed E-state index contributed by atoms with van der Waals surface area (Å²) in [6.45, 7) is 0. The maximum atomic E-state index is 12.3. The number of hydrogen-bond acceptors (Lipinski definition) is 4. The Morgan fingerprint density at radius 2 is 2.29 bits per heavy atom. The zero-order valence-corrected chi connectivity index (χ0v) is 13.0. The number of aryl methyl sites for hydroxylation is 2. The summed E-state index contributed by atoms with van der Waals surface area (Å²) < 4.78 is 1.49. The van der Waals surface area contributed by atoms with Crippen LogP contribution >= 0.6 is 22.9 Å². The number of rotatable bonds is 2. The molecular formula is C14H13ClN4OS. The van der Waals surface area contributed by atoms with Gasteiger partial charge in [-0.3, -0.25) is 9.48 Å². The molecule has 1 amide bonds. The number of halogens is 1. The third kappa shape index (κ3) is 2.55. The van der Waals surface area contributed by atoms with Gasteiger partial charge in [0.25, 0.3) is 5.91 Å². The van der Waals surface area contributed by atoms with E-state index in [0.717, 1.165) is 31.2 Å². The molecule has 0 unspecified atom stereocenters. The van der Waals surface area contributed by atoms with Gasteiger partial charge in [0.2, 0.25) is 0 Å². The molecule has 1 aliphatic carbocycles. The average Bonchev–Trinajstić information content (AvgIpc) is 2.97. The van der Waals surface area contributed by atoms with Crippen LogP contribution in [-0.4, -0.2) is 15.7 Å². The lowest BCUT2D eigenvalue weighted by Gasteiger charge is -2.09. The number of nitrogens with one attached hydrogen (secondary N) is 1. The molecule has 0 saturated heterocycles. The summed E-state index contributed by atoms with van der Waals surface area (Å²) in [7, 11) is 1.70. The van der Waals surface area contributed by atoms with E-state index in [-0.39, 0.29) is 11.6 Å². The first-order chi connectivity index (χ1) is 10.1. The van der Waals surface area contributed by atoms with Crippen LogP contribution < -0.4 is 5.32 Å². The van der Waals surface area contributed by atoms with Crippen LogP contribution in [0.15, 0.2) is 6.20 Å². The summed E-state index contributed by atoms with van der Waals surface area (Å²) in [5.74, 6) is -0.379. The Labute approximate surface area is 131 Å². The molecule has 2 aromatic heterocycles. The summed E-state index contributed by atoms with van der Waals surface area (Å²) in [5, 5.41) is 17.1. The molecule has 0 radical (unpaired) electrons. The van der Waals surface area contributed by atoms with Crippen molar-refractivity contribution >= 4 is 33.8 Å². The van der Waals surface area contributed by atoms with Gasteiger partial charge in [0, 0.05) is 18.1 Å². The molecule has 0 bridgehead atoms. The van der Waals surface area contributed by atoms with Crippen molar-refractivity contribution in [2.24, 2.45) is 7.05 Å². The van der Waals surface area contributed by atoms with E-state index >= 15 is 0 Å². The fourth-order valence-electron chi connectivity index (χ4n) is 2.55. The number of thiophene rings is 1. The monoisotopic (exact) mass is 320 g/mol. The van der Waals surface area contributed by atoms with E-state index in [1.807, 2.05) is 0 Å². The van der Waals surface area contributed by atoms with Gasteiger partial charge in [-0.05, 0) is 31.2 Å². The highest BCUT2D eigenvalue weighted by Gasteiger charge is 2.23. The van der Waals surface area contributed by atoms with Crippen molar-refractivity contribution in [3.63, 3.8) is 0 Å². The van der Waals surface area contributed by atoms with E-state index in [1.54, 1.807) is 13.2 Å². The second-order valence-corrected chi connectivity index (χ2v) is 6.49. The maximum Gasteiger partial charge on any atom is 0.278 e. The molecular weight excluding hydrogens is 308 g/mol. The van der Waals surface area contributed by atoms with Gasteiger partial charge in [0.1, 0.15) is 11.1 Å². The first-order valence-electron chi connectivity index (χ1n) is 6.65. The number of fused-ring (bicyclic) bond motifs is 1. The highest BCUT2D eigenvalue weighted by atomic mass is 35.5. The van der Waals surface area contributed by atoms with Gasteiger partial charge in [-0.25, -0.2) is 0 Å². The quantitative estimate of drug-likeness (QED) is 0.924. The van der Waals surface area contributed by atoms with Crippen LogP contribution in [0.1, 0.15) is 39.3 Å². The summed E-state index contributed by atoms with van der Waals surface area (Å²) in [6.07, 6.45) is 5.70. The van der Waals surface area contributed by atoms with Crippen molar-refractivity contribution < 1.29 is 4.79 Å². The van der Waals surface area contributed by atoms with Gasteiger partial charge >= 0.3 is 0 Å². The standard InChI is InChI=1S/C14H13ClN4OS/c1-19-7-10(15)12(18-19)13(20)17-14-9(6-16)8-4-2-3-5-11(8)21-14/h7H,2-5H2,1H3,(H,17,20). The number of anilines is 1. The maximum absolute atomic E-state index is 12.3. The van der Waals surface area contributed by atoms with Crippen LogP contribution in [0.3, 0.4) is 0 Å². The molecule has 3 rings (SSSR count). The Kier molecular flexibility index (Phi) is 3.70. The molecule has 2 aromatic rings. The predicted octanol–water partition coefficient (Wildman–Crippen LogP) is 3.14. The lowest BCUT2D eigenvalue weighted by molar-refractivity contribution is 0.102. The number of carbonyl (C=O) groups excluding carboxylic acids is 1. The highest BCUT2D eigenvalue weighted by molar-refractivity contribution is 7.16. The molecule has 5 nitrogen and oxygen atoms in total. The van der Waals surface area contributed by atoms with Gasteiger partial charge in [0.15, 0.2) is 5.69 Å². The van der Waals surface area contributed by atoms with Crippen molar-refractivity contribution in [2.45, 2.75) is 25.7 Å². The normalized spacial score (nSPS) is 13.6. The Morgan fingerprint density at radius 1 is 1.52 bits per heavy atom. The lowest BCUT2D eigenvalue weighted by Crippen LogP contribution is -2.13. The molecule has 0 fully saturated rings. The van der Waals surface area contributed by atoms with E-state index in [4.69, 9.17) is 11.6 Å². The Morgan fingerprint density at radius 3 is 2.95 bits per heavy atom. The molecule has 7 heteroatoms. The van der Waals surface area contributed by atoms with Crippen molar-refractivity contribution in [1.82, 2.24) is 9.78 Å². The van der Waals surface area contributed by atoms with Crippen LogP contribution in [0.25, 0.3) is 0 Å². The minimum atomic E-state index is -0.379. The second-order valence-electron chi connectivity index (χ2n) is 4.98. The van der Waals surface area contributed by atoms with Crippen LogP contribution in [0.5, 0.6) is 0 Å². The number of hydrogen-bond donors (Lipinski definition) is 1. The average molecular weight is 321 g/mol. The van der Waals surface area contributed by atoms with E-state index in [1.165, 1.54) is 20.9 Å². The third-order valence-corrected chi connectivity index (χ3v) is 4.99. The van der Waals surface area contributed by atoms with E-state index < -0.39 is 0 Å². The molecule has 0 spiro atoms. The van der Waals surface area contributed by atoms with Gasteiger partial charge < -0.3 is 5.32 Å². The highest BCUT2D eigenvalue weighted by Crippen LogP contribution is 2.37. The fourth-order valence-corrected chi connectivity index (χ4v) is 4.05. The first kappa shape index (κ1) is 14.1. The van der Waals surface area contributed by atoms with Crippen LogP contribution in [0.4, 0.5) is 5.00 Å². The number of carbonyl (C=O) groups is 1. The van der Waals surface area contributed by atoms with Crippen LogP contribution in [-0.2, 0) is 19.9 Å². The SMILES string of the molecule is Cn1cc(Cl)c(C(=O)Nc2sc3c(c2C#N)CCCC3)n1. The zero-order valence-electron chi connectivity index (χ0n) is 11.4. The molecule has 0 atom stereocenters. The minimum Gasteiger partial charge on any atom is -0.311 e. The molecule has 1 aliphatic rings. The number of nitrogens with zero attached hydrogens (tertiary/aromatic N) is 3. The fraction of sp³-hybridized carbons (Fsp3) is 0.357. The number of amides is 1. The number of aromatic nitrogens is 2. The molecule has 0 aliphatic heterocycles. The van der Waals surface area contributed by atoms with E-state index in [2.05, 4.69) is 16.5 Å². The molecule has 0 aromatic carbocycles. The smallest absolute Gasteiger partial charge is 0.278 e.